The molecule has 5 nitrogen and oxygen atoms in total. The molecule has 0 saturated heterocycles. The van der Waals surface area contributed by atoms with Crippen LogP contribution in [0.15, 0.2) is 77.9 Å². The number of hydrazone groups is 1. The Balaban J connectivity index is 1.88. The van der Waals surface area contributed by atoms with Crippen LogP contribution >= 0.6 is 23.2 Å². The number of methoxy groups -OCH3 is 1. The van der Waals surface area contributed by atoms with Gasteiger partial charge in [0.1, 0.15) is 5.75 Å². The fourth-order valence-electron chi connectivity index (χ4n) is 2.75. The zero-order valence-electron chi connectivity index (χ0n) is 15.5. The molecule has 3 aromatic carbocycles. The molecule has 1 amide bonds. The van der Waals surface area contributed by atoms with E-state index < -0.39 is 11.5 Å². The van der Waals surface area contributed by atoms with Crippen molar-refractivity contribution in [3.63, 3.8) is 0 Å². The van der Waals surface area contributed by atoms with Crippen LogP contribution in [0.5, 0.6) is 5.75 Å². The number of ether oxygens (including phenoxy) is 1. The van der Waals surface area contributed by atoms with Gasteiger partial charge in [0.2, 0.25) is 0 Å². The number of hydrogen-bond acceptors (Lipinski definition) is 4. The Labute approximate surface area is 178 Å². The van der Waals surface area contributed by atoms with Crippen molar-refractivity contribution in [2.75, 3.05) is 7.11 Å². The number of nitrogens with one attached hydrogen (secondary N) is 1. The number of halogens is 2. The van der Waals surface area contributed by atoms with Gasteiger partial charge in [-0.3, -0.25) is 4.79 Å². The summed E-state index contributed by atoms with van der Waals surface area (Å²) in [5.74, 6) is -0.00190. The van der Waals surface area contributed by atoms with E-state index in [1.54, 1.807) is 79.9 Å². The third-order valence-electron chi connectivity index (χ3n) is 4.35. The van der Waals surface area contributed by atoms with E-state index in [1.807, 2.05) is 0 Å². The van der Waals surface area contributed by atoms with Crippen molar-refractivity contribution in [2.24, 2.45) is 5.10 Å². The molecule has 3 rings (SSSR count). The average Bonchev–Trinajstić information content (AvgIpc) is 2.74. The Hall–Kier alpha value is -2.86. The topological polar surface area (TPSA) is 70.9 Å². The van der Waals surface area contributed by atoms with Crippen LogP contribution < -0.4 is 10.2 Å². The highest BCUT2D eigenvalue weighted by atomic mass is 35.5. The molecule has 0 aliphatic heterocycles. The van der Waals surface area contributed by atoms with E-state index >= 15 is 0 Å². The first-order valence-electron chi connectivity index (χ1n) is 8.65. The summed E-state index contributed by atoms with van der Waals surface area (Å²) < 4.78 is 5.11. The number of aliphatic hydroxyl groups is 1. The van der Waals surface area contributed by atoms with E-state index in [9.17, 15) is 9.90 Å². The lowest BCUT2D eigenvalue weighted by molar-refractivity contribution is -0.136. The Morgan fingerprint density at radius 3 is 1.86 bits per heavy atom. The van der Waals surface area contributed by atoms with Crippen LogP contribution in [-0.4, -0.2) is 24.3 Å². The molecule has 2 N–H and O–H groups in total. The summed E-state index contributed by atoms with van der Waals surface area (Å²) >= 11 is 11.9. The molecule has 0 heterocycles. The minimum absolute atomic E-state index is 0.348. The molecule has 0 aliphatic carbocycles. The maximum absolute atomic E-state index is 13.0. The third-order valence-corrected chi connectivity index (χ3v) is 4.85. The standard InChI is InChI=1S/C22H18Cl2N2O3/c1-29-20-12-2-15(3-13-20)14-25-26-21(27)22(28,16-4-8-18(23)9-5-16)17-6-10-19(24)11-7-17/h2-14,28H,1H3,(H,26,27). The SMILES string of the molecule is COc1ccc(C=NNC(=O)C(O)(c2ccc(Cl)cc2)c2ccc(Cl)cc2)cc1. The van der Waals surface area contributed by atoms with Crippen molar-refractivity contribution in [1.82, 2.24) is 5.43 Å². The molecule has 0 radical (unpaired) electrons. The summed E-state index contributed by atoms with van der Waals surface area (Å²) in [5, 5.41) is 16.3. The molecule has 7 heteroatoms. The van der Waals surface area contributed by atoms with Gasteiger partial charge < -0.3 is 9.84 Å². The van der Waals surface area contributed by atoms with E-state index in [0.717, 1.165) is 5.56 Å². The van der Waals surface area contributed by atoms with E-state index in [2.05, 4.69) is 10.5 Å². The molecule has 0 aliphatic rings. The van der Waals surface area contributed by atoms with Crippen molar-refractivity contribution >= 4 is 35.3 Å². The normalized spacial score (nSPS) is 11.4. The first-order valence-corrected chi connectivity index (χ1v) is 9.41. The van der Waals surface area contributed by atoms with Crippen LogP contribution in [0.3, 0.4) is 0 Å². The van der Waals surface area contributed by atoms with Gasteiger partial charge in [-0.15, -0.1) is 0 Å². The first-order chi connectivity index (χ1) is 13.9. The van der Waals surface area contributed by atoms with Crippen molar-refractivity contribution < 1.29 is 14.6 Å². The quantitative estimate of drug-likeness (QED) is 0.451. The fraction of sp³-hybridized carbons (Fsp3) is 0.0909. The number of carbonyl (C=O) groups excluding carboxylic acids is 1. The summed E-state index contributed by atoms with van der Waals surface area (Å²) in [6.07, 6.45) is 1.47. The van der Waals surface area contributed by atoms with Gasteiger partial charge in [0.25, 0.3) is 5.91 Å². The van der Waals surface area contributed by atoms with Crippen LogP contribution in [-0.2, 0) is 10.4 Å². The maximum atomic E-state index is 13.0. The van der Waals surface area contributed by atoms with Gasteiger partial charge in [0.05, 0.1) is 13.3 Å². The van der Waals surface area contributed by atoms with Gasteiger partial charge in [-0.05, 0) is 65.2 Å². The molecule has 148 valence electrons. The van der Waals surface area contributed by atoms with Gasteiger partial charge in [0.15, 0.2) is 5.60 Å². The molecule has 0 aromatic heterocycles. The molecule has 3 aromatic rings. The minimum Gasteiger partial charge on any atom is -0.497 e. The molecule has 0 fully saturated rings. The minimum atomic E-state index is -1.98. The summed E-state index contributed by atoms with van der Waals surface area (Å²) in [6, 6.07) is 19.9. The zero-order valence-corrected chi connectivity index (χ0v) is 17.0. The fourth-order valence-corrected chi connectivity index (χ4v) is 3.00. The summed E-state index contributed by atoms with van der Waals surface area (Å²) in [7, 11) is 1.58. The number of amides is 1. The second kappa shape index (κ2) is 9.09. The average molecular weight is 429 g/mol. The van der Waals surface area contributed by atoms with Crippen molar-refractivity contribution in [3.05, 3.63) is 99.5 Å². The highest BCUT2D eigenvalue weighted by molar-refractivity contribution is 6.30. The first kappa shape index (κ1) is 20.9. The maximum Gasteiger partial charge on any atom is 0.281 e. The molecule has 29 heavy (non-hydrogen) atoms. The van der Waals surface area contributed by atoms with E-state index in [4.69, 9.17) is 27.9 Å². The Bertz CT molecular complexity index is 956. The van der Waals surface area contributed by atoms with E-state index in [-0.39, 0.29) is 0 Å². The summed E-state index contributed by atoms with van der Waals surface area (Å²) in [5.41, 5.74) is 1.88. The van der Waals surface area contributed by atoms with Crippen LogP contribution in [0.2, 0.25) is 10.0 Å². The third kappa shape index (κ3) is 4.77. The molecule has 0 unspecified atom stereocenters. The number of rotatable bonds is 6. The van der Waals surface area contributed by atoms with Crippen molar-refractivity contribution in [2.45, 2.75) is 5.60 Å². The molecular formula is C22H18Cl2N2O3. The second-order valence-electron chi connectivity index (χ2n) is 6.20. The molecular weight excluding hydrogens is 411 g/mol. The van der Waals surface area contributed by atoms with E-state index in [0.29, 0.717) is 26.9 Å². The van der Waals surface area contributed by atoms with Gasteiger partial charge in [-0.2, -0.15) is 5.10 Å². The number of carbonyl (C=O) groups is 1. The lowest BCUT2D eigenvalue weighted by Crippen LogP contribution is -2.43. The molecule has 0 atom stereocenters. The van der Waals surface area contributed by atoms with Gasteiger partial charge in [-0.1, -0.05) is 47.5 Å². The summed E-state index contributed by atoms with van der Waals surface area (Å²) in [4.78, 5) is 13.0. The van der Waals surface area contributed by atoms with Crippen molar-refractivity contribution in [1.29, 1.82) is 0 Å². The second-order valence-corrected chi connectivity index (χ2v) is 7.07. The Morgan fingerprint density at radius 2 is 1.41 bits per heavy atom. The molecule has 0 spiro atoms. The number of hydrogen-bond donors (Lipinski definition) is 2. The lowest BCUT2D eigenvalue weighted by atomic mass is 9.85. The lowest BCUT2D eigenvalue weighted by Gasteiger charge is -2.27. The van der Waals surface area contributed by atoms with Gasteiger partial charge >= 0.3 is 0 Å². The van der Waals surface area contributed by atoms with Gasteiger partial charge in [-0.25, -0.2) is 5.43 Å². The largest absolute Gasteiger partial charge is 0.497 e. The van der Waals surface area contributed by atoms with Crippen LogP contribution in [0.4, 0.5) is 0 Å². The highest BCUT2D eigenvalue weighted by Gasteiger charge is 2.40. The highest BCUT2D eigenvalue weighted by Crippen LogP contribution is 2.31. The van der Waals surface area contributed by atoms with E-state index in [1.165, 1.54) is 6.21 Å². The summed E-state index contributed by atoms with van der Waals surface area (Å²) in [6.45, 7) is 0. The zero-order chi connectivity index (χ0) is 20.9. The molecule has 0 saturated carbocycles. The Morgan fingerprint density at radius 1 is 0.931 bits per heavy atom. The predicted octanol–water partition coefficient (Wildman–Crippen LogP) is 4.39. The number of nitrogens with zero attached hydrogens (tertiary/aromatic N) is 1. The van der Waals surface area contributed by atoms with Crippen LogP contribution in [0, 0.1) is 0 Å². The van der Waals surface area contributed by atoms with Gasteiger partial charge in [0, 0.05) is 10.0 Å². The monoisotopic (exact) mass is 428 g/mol. The Kier molecular flexibility index (Phi) is 6.54. The predicted molar refractivity (Wildman–Crippen MR) is 115 cm³/mol. The number of benzene rings is 3. The van der Waals surface area contributed by atoms with Crippen LogP contribution in [0.1, 0.15) is 16.7 Å². The van der Waals surface area contributed by atoms with Crippen LogP contribution in [0.25, 0.3) is 0 Å². The smallest absolute Gasteiger partial charge is 0.281 e. The van der Waals surface area contributed by atoms with Crippen molar-refractivity contribution in [3.8, 4) is 5.75 Å². The molecule has 0 bridgehead atoms.